The van der Waals surface area contributed by atoms with Crippen molar-refractivity contribution in [3.05, 3.63) is 47.7 Å². The second-order valence-electron chi connectivity index (χ2n) is 5.14. The first-order valence-electron chi connectivity index (χ1n) is 6.92. The van der Waals surface area contributed by atoms with Crippen molar-refractivity contribution < 1.29 is 8.42 Å². The van der Waals surface area contributed by atoms with E-state index in [1.54, 1.807) is 12.1 Å². The molecule has 1 heterocycles. The largest absolute Gasteiger partial charge is 0.383 e. The van der Waals surface area contributed by atoms with Gasteiger partial charge < -0.3 is 5.73 Å². The number of rotatable bonds is 3. The third kappa shape index (κ3) is 2.71. The molecule has 0 fully saturated rings. The number of hydrogen-bond acceptors (Lipinski definition) is 4. The van der Waals surface area contributed by atoms with Gasteiger partial charge in [-0.2, -0.15) is 0 Å². The molecule has 1 aliphatic rings. The van der Waals surface area contributed by atoms with E-state index in [2.05, 4.69) is 15.8 Å². The molecule has 3 N–H and O–H groups in total. The lowest BCUT2D eigenvalue weighted by molar-refractivity contribution is 0.601. The number of nitrogens with two attached hydrogens (primary N) is 1. The Kier molecular flexibility index (Phi) is 3.55. The number of pyridine rings is 1. The highest BCUT2D eigenvalue weighted by Gasteiger charge is 2.21. The number of fused-ring (bicyclic) bond motifs is 1. The van der Waals surface area contributed by atoms with E-state index in [-0.39, 0.29) is 10.7 Å². The maximum Gasteiger partial charge on any atom is 0.265 e. The number of anilines is 2. The summed E-state index contributed by atoms with van der Waals surface area (Å²) in [6.07, 6.45) is 5.61. The van der Waals surface area contributed by atoms with Gasteiger partial charge in [0, 0.05) is 6.20 Å². The fourth-order valence-corrected chi connectivity index (χ4v) is 3.88. The van der Waals surface area contributed by atoms with E-state index in [4.69, 9.17) is 5.73 Å². The minimum absolute atomic E-state index is 0.00907. The van der Waals surface area contributed by atoms with Crippen molar-refractivity contribution in [2.75, 3.05) is 10.5 Å². The molecule has 5 nitrogen and oxygen atoms in total. The van der Waals surface area contributed by atoms with Gasteiger partial charge in [-0.3, -0.25) is 4.72 Å². The SMILES string of the molecule is Nc1ncccc1S(=O)(=O)Nc1cccc2c1CCCC2. The van der Waals surface area contributed by atoms with Crippen LogP contribution in [0.25, 0.3) is 0 Å². The summed E-state index contributed by atoms with van der Waals surface area (Å²) in [4.78, 5) is 3.85. The summed E-state index contributed by atoms with van der Waals surface area (Å²) in [7, 11) is -3.71. The summed E-state index contributed by atoms with van der Waals surface area (Å²) >= 11 is 0. The second-order valence-corrected chi connectivity index (χ2v) is 6.79. The van der Waals surface area contributed by atoms with Crippen molar-refractivity contribution in [2.45, 2.75) is 30.6 Å². The van der Waals surface area contributed by atoms with Crippen LogP contribution in [0.2, 0.25) is 0 Å². The number of nitrogens with zero attached hydrogens (tertiary/aromatic N) is 1. The average molecular weight is 303 g/mol. The molecule has 0 aliphatic heterocycles. The van der Waals surface area contributed by atoms with E-state index < -0.39 is 10.0 Å². The second kappa shape index (κ2) is 5.37. The third-order valence-corrected chi connectivity index (χ3v) is 5.14. The van der Waals surface area contributed by atoms with Crippen LogP contribution in [-0.2, 0) is 22.9 Å². The molecule has 21 heavy (non-hydrogen) atoms. The van der Waals surface area contributed by atoms with Crippen LogP contribution in [0.5, 0.6) is 0 Å². The molecule has 1 aliphatic carbocycles. The van der Waals surface area contributed by atoms with Crippen LogP contribution >= 0.6 is 0 Å². The molecule has 6 heteroatoms. The van der Waals surface area contributed by atoms with Gasteiger partial charge in [0.1, 0.15) is 10.7 Å². The molecule has 1 aromatic heterocycles. The summed E-state index contributed by atoms with van der Waals surface area (Å²) < 4.78 is 27.6. The van der Waals surface area contributed by atoms with E-state index in [9.17, 15) is 8.42 Å². The average Bonchev–Trinajstić information content (AvgIpc) is 2.47. The Bertz CT molecular complexity index is 772. The molecule has 110 valence electrons. The predicted molar refractivity (Wildman–Crippen MR) is 82.5 cm³/mol. The van der Waals surface area contributed by atoms with Crippen LogP contribution < -0.4 is 10.5 Å². The Morgan fingerprint density at radius 1 is 1.10 bits per heavy atom. The maximum absolute atomic E-state index is 12.5. The summed E-state index contributed by atoms with van der Waals surface area (Å²) in [5.41, 5.74) is 8.63. The molecule has 2 aromatic rings. The summed E-state index contributed by atoms with van der Waals surface area (Å²) in [6, 6.07) is 8.76. The molecule has 0 bridgehead atoms. The zero-order chi connectivity index (χ0) is 14.9. The Morgan fingerprint density at radius 3 is 2.71 bits per heavy atom. The fraction of sp³-hybridized carbons (Fsp3) is 0.267. The summed E-state index contributed by atoms with van der Waals surface area (Å²) in [5.74, 6) is 0.00907. The molecule has 0 amide bonds. The van der Waals surface area contributed by atoms with Gasteiger partial charge in [-0.1, -0.05) is 12.1 Å². The molecule has 0 saturated carbocycles. The molecule has 0 radical (unpaired) electrons. The number of benzene rings is 1. The number of nitrogen functional groups attached to an aromatic ring is 1. The summed E-state index contributed by atoms with van der Waals surface area (Å²) in [6.45, 7) is 0. The summed E-state index contributed by atoms with van der Waals surface area (Å²) in [5, 5.41) is 0. The van der Waals surface area contributed by atoms with Gasteiger partial charge in [0.2, 0.25) is 0 Å². The van der Waals surface area contributed by atoms with Crippen LogP contribution in [-0.4, -0.2) is 13.4 Å². The quantitative estimate of drug-likeness (QED) is 0.911. The zero-order valence-electron chi connectivity index (χ0n) is 11.5. The number of aryl methyl sites for hydroxylation is 1. The fourth-order valence-electron chi connectivity index (χ4n) is 2.71. The van der Waals surface area contributed by atoms with E-state index >= 15 is 0 Å². The van der Waals surface area contributed by atoms with Gasteiger partial charge in [-0.05, 0) is 55.0 Å². The van der Waals surface area contributed by atoms with Crippen LogP contribution in [0, 0.1) is 0 Å². The van der Waals surface area contributed by atoms with E-state index in [1.165, 1.54) is 17.8 Å². The van der Waals surface area contributed by atoms with Gasteiger partial charge in [-0.15, -0.1) is 0 Å². The normalized spacial score (nSPS) is 14.5. The minimum Gasteiger partial charge on any atom is -0.383 e. The van der Waals surface area contributed by atoms with Crippen molar-refractivity contribution in [1.82, 2.24) is 4.98 Å². The Hall–Kier alpha value is -2.08. The maximum atomic E-state index is 12.5. The molecule has 0 saturated heterocycles. The monoisotopic (exact) mass is 303 g/mol. The highest BCUT2D eigenvalue weighted by molar-refractivity contribution is 7.92. The minimum atomic E-state index is -3.71. The lowest BCUT2D eigenvalue weighted by atomic mass is 9.91. The Balaban J connectivity index is 1.99. The van der Waals surface area contributed by atoms with Gasteiger partial charge in [-0.25, -0.2) is 13.4 Å². The van der Waals surface area contributed by atoms with Gasteiger partial charge >= 0.3 is 0 Å². The third-order valence-electron chi connectivity index (χ3n) is 3.73. The first kappa shape index (κ1) is 13.9. The highest BCUT2D eigenvalue weighted by atomic mass is 32.2. The van der Waals surface area contributed by atoms with Gasteiger partial charge in [0.05, 0.1) is 5.69 Å². The smallest absolute Gasteiger partial charge is 0.265 e. The first-order chi connectivity index (χ1) is 10.1. The highest BCUT2D eigenvalue weighted by Crippen LogP contribution is 2.29. The van der Waals surface area contributed by atoms with Crippen molar-refractivity contribution in [1.29, 1.82) is 0 Å². The van der Waals surface area contributed by atoms with Crippen LogP contribution in [0.3, 0.4) is 0 Å². The first-order valence-corrected chi connectivity index (χ1v) is 8.40. The zero-order valence-corrected chi connectivity index (χ0v) is 12.4. The van der Waals surface area contributed by atoms with Crippen LogP contribution in [0.1, 0.15) is 24.0 Å². The van der Waals surface area contributed by atoms with E-state index in [0.29, 0.717) is 5.69 Å². The lowest BCUT2D eigenvalue weighted by Gasteiger charge is -2.20. The molecule has 3 rings (SSSR count). The van der Waals surface area contributed by atoms with Gasteiger partial charge in [0.25, 0.3) is 10.0 Å². The standard InChI is InChI=1S/C15H17N3O2S/c16-15-14(9-4-10-17-15)21(19,20)18-13-8-3-6-11-5-1-2-7-12(11)13/h3-4,6,8-10,18H,1-2,5,7H2,(H2,16,17). The molecule has 0 unspecified atom stereocenters. The van der Waals surface area contributed by atoms with Crippen molar-refractivity contribution in [3.63, 3.8) is 0 Å². The molecule has 0 atom stereocenters. The topological polar surface area (TPSA) is 85.1 Å². The number of aromatic nitrogens is 1. The molecule has 0 spiro atoms. The molecular weight excluding hydrogens is 286 g/mol. The Labute approximate surface area is 124 Å². The van der Waals surface area contributed by atoms with Gasteiger partial charge in [0.15, 0.2) is 0 Å². The number of hydrogen-bond donors (Lipinski definition) is 2. The number of nitrogens with one attached hydrogen (secondary N) is 1. The molecule has 1 aromatic carbocycles. The lowest BCUT2D eigenvalue weighted by Crippen LogP contribution is -2.17. The van der Waals surface area contributed by atoms with Crippen LogP contribution in [0.15, 0.2) is 41.4 Å². The van der Waals surface area contributed by atoms with E-state index in [0.717, 1.165) is 31.2 Å². The number of sulfonamides is 1. The predicted octanol–water partition coefficient (Wildman–Crippen LogP) is 2.34. The van der Waals surface area contributed by atoms with Crippen molar-refractivity contribution in [2.24, 2.45) is 0 Å². The van der Waals surface area contributed by atoms with Crippen molar-refractivity contribution in [3.8, 4) is 0 Å². The Morgan fingerprint density at radius 2 is 1.90 bits per heavy atom. The van der Waals surface area contributed by atoms with E-state index in [1.807, 2.05) is 6.07 Å². The molecular formula is C15H17N3O2S. The van der Waals surface area contributed by atoms with Crippen LogP contribution in [0.4, 0.5) is 11.5 Å². The van der Waals surface area contributed by atoms with Crippen molar-refractivity contribution >= 4 is 21.5 Å².